The second kappa shape index (κ2) is 14.0. The van der Waals surface area contributed by atoms with Crippen LogP contribution < -0.4 is 29.7 Å². The van der Waals surface area contributed by atoms with E-state index in [1.165, 1.54) is 32.1 Å². The van der Waals surface area contributed by atoms with Crippen LogP contribution in [-0.4, -0.2) is 45.4 Å². The van der Waals surface area contributed by atoms with Crippen molar-refractivity contribution in [3.8, 4) is 23.0 Å². The van der Waals surface area contributed by atoms with Crippen LogP contribution in [0.1, 0.15) is 34.0 Å². The predicted molar refractivity (Wildman–Crippen MR) is 148 cm³/mol. The molecule has 0 radical (unpaired) electrons. The number of aryl methyl sites for hydroxylation is 1. The topological polar surface area (TPSA) is 107 Å². The molecule has 0 unspecified atom stereocenters. The molecule has 0 saturated heterocycles. The predicted octanol–water partition coefficient (Wildman–Crippen LogP) is 4.63. The van der Waals surface area contributed by atoms with Gasteiger partial charge >= 0.3 is 0 Å². The minimum Gasteiger partial charge on any atom is -0.493 e. The van der Waals surface area contributed by atoms with Crippen LogP contribution in [0.3, 0.4) is 0 Å². The Bertz CT molecular complexity index is 1290. The SMILES string of the molecule is CCOc1cc(C=NNC(=O)CNC(=O)c2ccc(OC)c(OC)c2)cc(Br)c1OCc1ccc(C)cc1. The number of halogens is 1. The van der Waals surface area contributed by atoms with Gasteiger partial charge in [0.1, 0.15) is 6.61 Å². The number of carbonyl (C=O) groups excluding carboxylic acids is 2. The summed E-state index contributed by atoms with van der Waals surface area (Å²) in [6.45, 7) is 4.49. The summed E-state index contributed by atoms with van der Waals surface area (Å²) in [5.74, 6) is 1.11. The van der Waals surface area contributed by atoms with E-state index in [4.69, 9.17) is 18.9 Å². The van der Waals surface area contributed by atoms with Gasteiger partial charge in [0.2, 0.25) is 0 Å². The number of ether oxygens (including phenoxy) is 4. The second-order valence-electron chi connectivity index (χ2n) is 8.08. The summed E-state index contributed by atoms with van der Waals surface area (Å²) < 4.78 is 22.8. The summed E-state index contributed by atoms with van der Waals surface area (Å²) in [6, 6.07) is 16.4. The molecular formula is C28H30BrN3O6. The van der Waals surface area contributed by atoms with E-state index in [1.807, 2.05) is 44.2 Å². The van der Waals surface area contributed by atoms with Gasteiger partial charge in [0.05, 0.1) is 38.1 Å². The van der Waals surface area contributed by atoms with Crippen LogP contribution in [0.2, 0.25) is 0 Å². The first kappa shape index (κ1) is 28.5. The minimum atomic E-state index is -0.489. The van der Waals surface area contributed by atoms with E-state index >= 15 is 0 Å². The number of benzene rings is 3. The van der Waals surface area contributed by atoms with Gasteiger partial charge in [-0.1, -0.05) is 29.8 Å². The van der Waals surface area contributed by atoms with E-state index in [9.17, 15) is 9.59 Å². The molecule has 0 aromatic heterocycles. The van der Waals surface area contributed by atoms with Crippen molar-refractivity contribution in [2.24, 2.45) is 5.10 Å². The molecule has 3 aromatic rings. The van der Waals surface area contributed by atoms with Crippen molar-refractivity contribution < 1.29 is 28.5 Å². The highest BCUT2D eigenvalue weighted by molar-refractivity contribution is 9.10. The number of nitrogens with zero attached hydrogens (tertiary/aromatic N) is 1. The number of nitrogens with one attached hydrogen (secondary N) is 2. The van der Waals surface area contributed by atoms with Crippen LogP contribution in [0.15, 0.2) is 64.2 Å². The summed E-state index contributed by atoms with van der Waals surface area (Å²) in [7, 11) is 2.99. The maximum absolute atomic E-state index is 12.4. The van der Waals surface area contributed by atoms with Crippen molar-refractivity contribution in [3.63, 3.8) is 0 Å². The average molecular weight is 584 g/mol. The molecule has 0 saturated carbocycles. The Morgan fingerprint density at radius 3 is 2.37 bits per heavy atom. The Balaban J connectivity index is 1.57. The second-order valence-corrected chi connectivity index (χ2v) is 8.94. The van der Waals surface area contributed by atoms with Crippen molar-refractivity contribution in [2.45, 2.75) is 20.5 Å². The maximum atomic E-state index is 12.4. The Morgan fingerprint density at radius 1 is 0.947 bits per heavy atom. The summed E-state index contributed by atoms with van der Waals surface area (Å²) in [4.78, 5) is 24.6. The zero-order valence-electron chi connectivity index (χ0n) is 21.7. The third-order valence-corrected chi connectivity index (χ3v) is 5.88. The number of hydrogen-bond acceptors (Lipinski definition) is 7. The molecule has 0 aliphatic rings. The molecule has 0 fully saturated rings. The zero-order chi connectivity index (χ0) is 27.5. The van der Waals surface area contributed by atoms with Gasteiger partial charge in [-0.05, 0) is 71.2 Å². The molecule has 38 heavy (non-hydrogen) atoms. The third-order valence-electron chi connectivity index (χ3n) is 5.29. The van der Waals surface area contributed by atoms with E-state index in [1.54, 1.807) is 18.2 Å². The monoisotopic (exact) mass is 583 g/mol. The van der Waals surface area contributed by atoms with Crippen molar-refractivity contribution in [3.05, 3.63) is 81.3 Å². The molecular weight excluding hydrogens is 554 g/mol. The van der Waals surface area contributed by atoms with E-state index in [0.717, 1.165) is 5.56 Å². The molecule has 9 nitrogen and oxygen atoms in total. The lowest BCUT2D eigenvalue weighted by molar-refractivity contribution is -0.120. The molecule has 0 spiro atoms. The van der Waals surface area contributed by atoms with Crippen molar-refractivity contribution >= 4 is 34.0 Å². The van der Waals surface area contributed by atoms with Gasteiger partial charge in [-0.25, -0.2) is 5.43 Å². The first-order valence-corrected chi connectivity index (χ1v) is 12.6. The van der Waals surface area contributed by atoms with Gasteiger partial charge in [-0.15, -0.1) is 0 Å². The van der Waals surface area contributed by atoms with Crippen LogP contribution in [0.4, 0.5) is 0 Å². The molecule has 2 N–H and O–H groups in total. The van der Waals surface area contributed by atoms with Gasteiger partial charge in [0, 0.05) is 5.56 Å². The summed E-state index contributed by atoms with van der Waals surface area (Å²) >= 11 is 3.54. The Kier molecular flexibility index (Phi) is 10.5. The average Bonchev–Trinajstić information content (AvgIpc) is 2.92. The quantitative estimate of drug-likeness (QED) is 0.238. The Hall–Kier alpha value is -4.05. The molecule has 0 aliphatic carbocycles. The van der Waals surface area contributed by atoms with Crippen LogP contribution in [0, 0.1) is 6.92 Å². The largest absolute Gasteiger partial charge is 0.493 e. The summed E-state index contributed by atoms with van der Waals surface area (Å²) in [6.07, 6.45) is 1.48. The van der Waals surface area contributed by atoms with Crippen LogP contribution in [0.5, 0.6) is 23.0 Å². The van der Waals surface area contributed by atoms with E-state index < -0.39 is 11.8 Å². The Morgan fingerprint density at radius 2 is 1.68 bits per heavy atom. The minimum absolute atomic E-state index is 0.260. The van der Waals surface area contributed by atoms with Gasteiger partial charge in [-0.3, -0.25) is 9.59 Å². The molecule has 0 atom stereocenters. The lowest BCUT2D eigenvalue weighted by Crippen LogP contribution is -2.34. The molecule has 200 valence electrons. The lowest BCUT2D eigenvalue weighted by Gasteiger charge is -2.15. The summed E-state index contributed by atoms with van der Waals surface area (Å²) in [5, 5.41) is 6.53. The standard InChI is InChI=1S/C28H30BrN3O6/c1-5-37-25-13-20(12-22(29)27(25)38-17-19-8-6-18(2)7-9-19)15-31-32-26(33)16-30-28(34)21-10-11-23(35-3)24(14-21)36-4/h6-15H,5,16-17H2,1-4H3,(H,30,34)(H,32,33). The number of carbonyl (C=O) groups is 2. The fourth-order valence-electron chi connectivity index (χ4n) is 3.36. The Labute approximate surface area is 230 Å². The van der Waals surface area contributed by atoms with Crippen LogP contribution >= 0.6 is 15.9 Å². The lowest BCUT2D eigenvalue weighted by atomic mass is 10.2. The molecule has 0 aliphatic heterocycles. The molecule has 10 heteroatoms. The molecule has 3 aromatic carbocycles. The highest BCUT2D eigenvalue weighted by Gasteiger charge is 2.14. The van der Waals surface area contributed by atoms with E-state index in [2.05, 4.69) is 31.8 Å². The number of methoxy groups -OCH3 is 2. The smallest absolute Gasteiger partial charge is 0.259 e. The fourth-order valence-corrected chi connectivity index (χ4v) is 3.94. The van der Waals surface area contributed by atoms with Crippen molar-refractivity contribution in [2.75, 3.05) is 27.4 Å². The zero-order valence-corrected chi connectivity index (χ0v) is 23.3. The van der Waals surface area contributed by atoms with Gasteiger partial charge in [-0.2, -0.15) is 5.10 Å². The number of hydrogen-bond donors (Lipinski definition) is 2. The van der Waals surface area contributed by atoms with Gasteiger partial charge in [0.15, 0.2) is 23.0 Å². The number of hydrazone groups is 1. The van der Waals surface area contributed by atoms with Gasteiger partial charge in [0.25, 0.3) is 11.8 Å². The third kappa shape index (κ3) is 7.97. The maximum Gasteiger partial charge on any atom is 0.259 e. The highest BCUT2D eigenvalue weighted by atomic mass is 79.9. The number of rotatable bonds is 12. The summed E-state index contributed by atoms with van der Waals surface area (Å²) in [5.41, 5.74) is 5.63. The molecule has 2 amide bonds. The first-order chi connectivity index (χ1) is 18.3. The fraction of sp³-hybridized carbons (Fsp3) is 0.250. The van der Waals surface area contributed by atoms with Gasteiger partial charge < -0.3 is 24.3 Å². The molecule has 0 bridgehead atoms. The van der Waals surface area contributed by atoms with Crippen molar-refractivity contribution in [1.82, 2.24) is 10.7 Å². The molecule has 3 rings (SSSR count). The number of amides is 2. The van der Waals surface area contributed by atoms with Crippen LogP contribution in [0.25, 0.3) is 0 Å². The first-order valence-electron chi connectivity index (χ1n) is 11.8. The normalized spacial score (nSPS) is 10.7. The van der Waals surface area contributed by atoms with Crippen molar-refractivity contribution in [1.29, 1.82) is 0 Å². The van der Waals surface area contributed by atoms with E-state index in [0.29, 0.717) is 51.8 Å². The molecule has 0 heterocycles. The van der Waals surface area contributed by atoms with E-state index in [-0.39, 0.29) is 6.54 Å². The van der Waals surface area contributed by atoms with Crippen LogP contribution in [-0.2, 0) is 11.4 Å². The highest BCUT2D eigenvalue weighted by Crippen LogP contribution is 2.37.